The van der Waals surface area contributed by atoms with Gasteiger partial charge in [-0.2, -0.15) is 4.31 Å². The van der Waals surface area contributed by atoms with Gasteiger partial charge in [0.1, 0.15) is 0 Å². The first-order valence-corrected chi connectivity index (χ1v) is 9.54. The Bertz CT molecular complexity index is 816. The molecule has 0 aromatic heterocycles. The maximum atomic E-state index is 12.8. The third kappa shape index (κ3) is 4.33. The number of likely N-dealkylation sites (N-methyl/N-ethyl adjacent to an activating group) is 1. The van der Waals surface area contributed by atoms with Crippen LogP contribution in [0.15, 0.2) is 47.4 Å². The Morgan fingerprint density at radius 2 is 1.79 bits per heavy atom. The highest BCUT2D eigenvalue weighted by Crippen LogP contribution is 2.21. The summed E-state index contributed by atoms with van der Waals surface area (Å²) in [5.74, 6) is 0.0380. The van der Waals surface area contributed by atoms with Crippen LogP contribution in [0.2, 0.25) is 0 Å². The van der Waals surface area contributed by atoms with Crippen LogP contribution in [0.1, 0.15) is 20.8 Å². The third-order valence-corrected chi connectivity index (χ3v) is 5.66. The van der Waals surface area contributed by atoms with E-state index in [0.717, 1.165) is 10.8 Å². The summed E-state index contributed by atoms with van der Waals surface area (Å²) in [6, 6.07) is 12.6. The fourth-order valence-corrected chi connectivity index (χ4v) is 3.82. The molecule has 5 nitrogen and oxygen atoms in total. The van der Waals surface area contributed by atoms with Crippen molar-refractivity contribution in [1.82, 2.24) is 9.62 Å². The van der Waals surface area contributed by atoms with Gasteiger partial charge >= 0.3 is 0 Å². The zero-order valence-electron chi connectivity index (χ0n) is 14.3. The number of sulfonamides is 1. The monoisotopic (exact) mass is 348 g/mol. The van der Waals surface area contributed by atoms with Crippen LogP contribution in [0.5, 0.6) is 0 Å². The first-order chi connectivity index (χ1) is 11.3. The lowest BCUT2D eigenvalue weighted by molar-refractivity contribution is -0.121. The van der Waals surface area contributed by atoms with Gasteiger partial charge in [-0.1, -0.05) is 51.1 Å². The number of rotatable bonds is 7. The van der Waals surface area contributed by atoms with E-state index in [2.05, 4.69) is 5.32 Å². The first kappa shape index (κ1) is 18.4. The molecule has 0 heterocycles. The molecule has 0 atom stereocenters. The molecule has 0 fully saturated rings. The van der Waals surface area contributed by atoms with Crippen LogP contribution < -0.4 is 5.32 Å². The topological polar surface area (TPSA) is 66.5 Å². The molecule has 0 unspecified atom stereocenters. The highest BCUT2D eigenvalue weighted by molar-refractivity contribution is 7.89. The number of amides is 1. The lowest BCUT2D eigenvalue weighted by atomic mass is 10.1. The first-order valence-electron chi connectivity index (χ1n) is 8.10. The van der Waals surface area contributed by atoms with Crippen LogP contribution in [0, 0.1) is 5.92 Å². The third-order valence-electron chi connectivity index (χ3n) is 3.74. The van der Waals surface area contributed by atoms with Gasteiger partial charge in [-0.05, 0) is 28.8 Å². The second kappa shape index (κ2) is 7.77. The van der Waals surface area contributed by atoms with Crippen LogP contribution >= 0.6 is 0 Å². The highest BCUT2D eigenvalue weighted by atomic mass is 32.2. The smallest absolute Gasteiger partial charge is 0.243 e. The van der Waals surface area contributed by atoms with Gasteiger partial charge in [0.25, 0.3) is 0 Å². The second-order valence-corrected chi connectivity index (χ2v) is 8.08. The minimum atomic E-state index is -3.70. The molecule has 1 N–H and O–H groups in total. The maximum Gasteiger partial charge on any atom is 0.243 e. The number of fused-ring (bicyclic) bond motifs is 1. The Morgan fingerprint density at radius 1 is 1.12 bits per heavy atom. The molecule has 0 radical (unpaired) electrons. The molecule has 0 saturated heterocycles. The van der Waals surface area contributed by atoms with Crippen molar-refractivity contribution in [3.8, 4) is 0 Å². The average molecular weight is 348 g/mol. The van der Waals surface area contributed by atoms with Crippen LogP contribution in [0.4, 0.5) is 0 Å². The van der Waals surface area contributed by atoms with Gasteiger partial charge in [0, 0.05) is 13.1 Å². The maximum absolute atomic E-state index is 12.8. The molecular weight excluding hydrogens is 324 g/mol. The number of nitrogens with one attached hydrogen (secondary N) is 1. The molecule has 130 valence electrons. The van der Waals surface area contributed by atoms with E-state index in [0.29, 0.717) is 12.5 Å². The summed E-state index contributed by atoms with van der Waals surface area (Å²) in [7, 11) is -3.70. The van der Waals surface area contributed by atoms with Gasteiger partial charge < -0.3 is 5.32 Å². The fourth-order valence-electron chi connectivity index (χ4n) is 2.38. The lowest BCUT2D eigenvalue weighted by Crippen LogP contribution is -2.41. The van der Waals surface area contributed by atoms with E-state index < -0.39 is 10.0 Å². The highest BCUT2D eigenvalue weighted by Gasteiger charge is 2.25. The summed E-state index contributed by atoms with van der Waals surface area (Å²) < 4.78 is 26.9. The largest absolute Gasteiger partial charge is 0.355 e. The SMILES string of the molecule is CCN(CC(=O)NCC(C)C)S(=O)(=O)c1ccc2ccccc2c1. The number of benzene rings is 2. The molecule has 2 rings (SSSR count). The van der Waals surface area contributed by atoms with Crippen molar-refractivity contribution in [2.24, 2.45) is 5.92 Å². The van der Waals surface area contributed by atoms with E-state index in [4.69, 9.17) is 0 Å². The summed E-state index contributed by atoms with van der Waals surface area (Å²) >= 11 is 0. The van der Waals surface area contributed by atoms with Crippen molar-refractivity contribution in [3.63, 3.8) is 0 Å². The summed E-state index contributed by atoms with van der Waals surface area (Å²) in [4.78, 5) is 12.2. The Hall–Kier alpha value is -1.92. The molecule has 2 aromatic carbocycles. The molecule has 0 spiro atoms. The quantitative estimate of drug-likeness (QED) is 0.836. The Morgan fingerprint density at radius 3 is 2.42 bits per heavy atom. The predicted molar refractivity (Wildman–Crippen MR) is 96.2 cm³/mol. The normalized spacial score (nSPS) is 12.0. The number of hydrogen-bond donors (Lipinski definition) is 1. The minimum Gasteiger partial charge on any atom is -0.355 e. The van der Waals surface area contributed by atoms with E-state index in [1.165, 1.54) is 4.31 Å². The van der Waals surface area contributed by atoms with Crippen molar-refractivity contribution in [2.45, 2.75) is 25.7 Å². The van der Waals surface area contributed by atoms with Crippen LogP contribution in [0.25, 0.3) is 10.8 Å². The van der Waals surface area contributed by atoms with Gasteiger partial charge in [-0.15, -0.1) is 0 Å². The minimum absolute atomic E-state index is 0.168. The summed E-state index contributed by atoms with van der Waals surface area (Å²) in [6.45, 7) is 6.32. The van der Waals surface area contributed by atoms with E-state index in [-0.39, 0.29) is 23.9 Å². The molecule has 0 saturated carbocycles. The van der Waals surface area contributed by atoms with E-state index in [9.17, 15) is 13.2 Å². The number of carbonyl (C=O) groups is 1. The lowest BCUT2D eigenvalue weighted by Gasteiger charge is -2.20. The number of carbonyl (C=O) groups excluding carboxylic acids is 1. The van der Waals surface area contributed by atoms with Crippen molar-refractivity contribution in [3.05, 3.63) is 42.5 Å². The molecule has 6 heteroatoms. The van der Waals surface area contributed by atoms with Crippen molar-refractivity contribution < 1.29 is 13.2 Å². The number of hydrogen-bond acceptors (Lipinski definition) is 3. The molecule has 0 aliphatic heterocycles. The van der Waals surface area contributed by atoms with E-state index in [1.54, 1.807) is 25.1 Å². The van der Waals surface area contributed by atoms with Gasteiger partial charge in [0.15, 0.2) is 0 Å². The zero-order valence-corrected chi connectivity index (χ0v) is 15.1. The van der Waals surface area contributed by atoms with Crippen LogP contribution in [-0.2, 0) is 14.8 Å². The van der Waals surface area contributed by atoms with Gasteiger partial charge in [0.2, 0.25) is 15.9 Å². The van der Waals surface area contributed by atoms with Crippen molar-refractivity contribution in [1.29, 1.82) is 0 Å². The molecule has 0 aliphatic carbocycles. The van der Waals surface area contributed by atoms with Gasteiger partial charge in [-0.3, -0.25) is 4.79 Å². The molecule has 24 heavy (non-hydrogen) atoms. The van der Waals surface area contributed by atoms with Crippen LogP contribution in [0.3, 0.4) is 0 Å². The molecule has 0 bridgehead atoms. The van der Waals surface area contributed by atoms with Gasteiger partial charge in [-0.25, -0.2) is 8.42 Å². The van der Waals surface area contributed by atoms with Gasteiger partial charge in [0.05, 0.1) is 11.4 Å². The Labute approximate surface area is 143 Å². The Kier molecular flexibility index (Phi) is 5.96. The number of nitrogens with zero attached hydrogens (tertiary/aromatic N) is 1. The van der Waals surface area contributed by atoms with Crippen molar-refractivity contribution >= 4 is 26.7 Å². The molecule has 2 aromatic rings. The van der Waals surface area contributed by atoms with E-state index >= 15 is 0 Å². The summed E-state index contributed by atoms with van der Waals surface area (Å²) in [5, 5.41) is 4.60. The fraction of sp³-hybridized carbons (Fsp3) is 0.389. The Balaban J connectivity index is 2.23. The standard InChI is InChI=1S/C18H24N2O3S/c1-4-20(13-18(21)19-12-14(2)3)24(22,23)17-10-9-15-7-5-6-8-16(15)11-17/h5-11,14H,4,12-13H2,1-3H3,(H,19,21). The van der Waals surface area contributed by atoms with Crippen molar-refractivity contribution in [2.75, 3.05) is 19.6 Å². The summed E-state index contributed by atoms with van der Waals surface area (Å²) in [6.07, 6.45) is 0. The zero-order chi connectivity index (χ0) is 17.7. The molecule has 0 aliphatic rings. The van der Waals surface area contributed by atoms with Crippen LogP contribution in [-0.4, -0.2) is 38.3 Å². The summed E-state index contributed by atoms with van der Waals surface area (Å²) in [5.41, 5.74) is 0. The average Bonchev–Trinajstić information content (AvgIpc) is 2.57. The predicted octanol–water partition coefficient (Wildman–Crippen LogP) is 2.62. The molecular formula is C18H24N2O3S. The molecule has 1 amide bonds. The second-order valence-electron chi connectivity index (χ2n) is 6.14. The van der Waals surface area contributed by atoms with E-state index in [1.807, 2.05) is 38.1 Å².